The molecule has 0 saturated carbocycles. The molecule has 1 atom stereocenters. The van der Waals surface area contributed by atoms with Crippen LogP contribution in [0.15, 0.2) is 18.2 Å². The molecule has 1 aromatic rings. The van der Waals surface area contributed by atoms with Crippen molar-refractivity contribution < 1.29 is 9.47 Å². The summed E-state index contributed by atoms with van der Waals surface area (Å²) in [4.78, 5) is 0. The zero-order valence-corrected chi connectivity index (χ0v) is 12.7. The average Bonchev–Trinajstić information content (AvgIpc) is 2.47. The molecule has 1 aromatic carbocycles. The van der Waals surface area contributed by atoms with Gasteiger partial charge in [0.15, 0.2) is 0 Å². The number of unbranched alkanes of at least 4 members (excludes halogenated alkanes) is 3. The van der Waals surface area contributed by atoms with Crippen LogP contribution >= 0.6 is 0 Å². The Bertz CT molecular complexity index is 366. The zero-order chi connectivity index (χ0) is 14.1. The van der Waals surface area contributed by atoms with Crippen molar-refractivity contribution in [1.29, 1.82) is 0 Å². The average molecular weight is 265 g/mol. The fourth-order valence-corrected chi connectivity index (χ4v) is 2.34. The fourth-order valence-electron chi connectivity index (χ4n) is 2.34. The van der Waals surface area contributed by atoms with Gasteiger partial charge in [0.2, 0.25) is 0 Å². The van der Waals surface area contributed by atoms with Crippen LogP contribution in [0.5, 0.6) is 11.5 Å². The molecule has 0 bridgehead atoms. The minimum absolute atomic E-state index is 0.321. The van der Waals surface area contributed by atoms with Crippen molar-refractivity contribution in [2.24, 2.45) is 0 Å². The van der Waals surface area contributed by atoms with Gasteiger partial charge in [0.05, 0.1) is 14.2 Å². The van der Waals surface area contributed by atoms with E-state index >= 15 is 0 Å². The van der Waals surface area contributed by atoms with Crippen LogP contribution < -0.4 is 14.8 Å². The highest BCUT2D eigenvalue weighted by Gasteiger charge is 2.15. The smallest absolute Gasteiger partial charge is 0.123 e. The summed E-state index contributed by atoms with van der Waals surface area (Å²) in [6.45, 7) is 2.24. The second kappa shape index (κ2) is 8.81. The van der Waals surface area contributed by atoms with Crippen molar-refractivity contribution in [2.75, 3.05) is 21.3 Å². The second-order valence-corrected chi connectivity index (χ2v) is 4.80. The highest BCUT2D eigenvalue weighted by Crippen LogP contribution is 2.31. The summed E-state index contributed by atoms with van der Waals surface area (Å²) in [6.07, 6.45) is 6.24. The van der Waals surface area contributed by atoms with Crippen LogP contribution in [-0.4, -0.2) is 21.3 Å². The number of benzene rings is 1. The summed E-state index contributed by atoms with van der Waals surface area (Å²) < 4.78 is 10.8. The van der Waals surface area contributed by atoms with Gasteiger partial charge in [-0.05, 0) is 31.7 Å². The van der Waals surface area contributed by atoms with E-state index < -0.39 is 0 Å². The first kappa shape index (κ1) is 15.8. The number of methoxy groups -OCH3 is 2. The Morgan fingerprint density at radius 2 is 1.89 bits per heavy atom. The molecule has 3 nitrogen and oxygen atoms in total. The molecule has 0 aliphatic carbocycles. The molecule has 1 N–H and O–H groups in total. The number of ether oxygens (including phenoxy) is 2. The summed E-state index contributed by atoms with van der Waals surface area (Å²) >= 11 is 0. The Hall–Kier alpha value is -1.22. The van der Waals surface area contributed by atoms with Crippen LogP contribution in [-0.2, 0) is 0 Å². The molecule has 0 amide bonds. The Morgan fingerprint density at radius 1 is 1.11 bits per heavy atom. The maximum Gasteiger partial charge on any atom is 0.123 e. The lowest BCUT2D eigenvalue weighted by Gasteiger charge is -2.20. The first-order valence-corrected chi connectivity index (χ1v) is 7.16. The van der Waals surface area contributed by atoms with E-state index in [1.807, 2.05) is 19.2 Å². The number of hydrogen-bond donors (Lipinski definition) is 1. The van der Waals surface area contributed by atoms with Gasteiger partial charge in [-0.15, -0.1) is 0 Å². The molecule has 108 valence electrons. The van der Waals surface area contributed by atoms with Gasteiger partial charge < -0.3 is 14.8 Å². The van der Waals surface area contributed by atoms with E-state index in [2.05, 4.69) is 18.3 Å². The van der Waals surface area contributed by atoms with Crippen molar-refractivity contribution in [1.82, 2.24) is 5.32 Å². The number of hydrogen-bond acceptors (Lipinski definition) is 3. The van der Waals surface area contributed by atoms with E-state index in [9.17, 15) is 0 Å². The maximum atomic E-state index is 5.46. The van der Waals surface area contributed by atoms with Crippen molar-refractivity contribution >= 4 is 0 Å². The van der Waals surface area contributed by atoms with Crippen LogP contribution in [0, 0.1) is 0 Å². The third-order valence-corrected chi connectivity index (χ3v) is 3.51. The van der Waals surface area contributed by atoms with Crippen molar-refractivity contribution in [2.45, 2.75) is 45.1 Å². The molecule has 0 saturated heterocycles. The number of rotatable bonds is 9. The summed E-state index contributed by atoms with van der Waals surface area (Å²) in [6, 6.07) is 6.30. The predicted molar refractivity (Wildman–Crippen MR) is 80.1 cm³/mol. The van der Waals surface area contributed by atoms with Gasteiger partial charge in [0.1, 0.15) is 11.5 Å². The molecule has 1 rings (SSSR count). The van der Waals surface area contributed by atoms with Crippen LogP contribution in [0.3, 0.4) is 0 Å². The van der Waals surface area contributed by atoms with E-state index in [4.69, 9.17) is 9.47 Å². The van der Waals surface area contributed by atoms with Crippen molar-refractivity contribution in [3.63, 3.8) is 0 Å². The fraction of sp³-hybridized carbons (Fsp3) is 0.625. The summed E-state index contributed by atoms with van der Waals surface area (Å²) in [5.41, 5.74) is 1.18. The van der Waals surface area contributed by atoms with Crippen molar-refractivity contribution in [3.8, 4) is 11.5 Å². The molecule has 19 heavy (non-hydrogen) atoms. The second-order valence-electron chi connectivity index (χ2n) is 4.80. The minimum Gasteiger partial charge on any atom is -0.497 e. The van der Waals surface area contributed by atoms with Gasteiger partial charge in [-0.3, -0.25) is 0 Å². The molecule has 0 fully saturated rings. The Labute approximate surface area is 117 Å². The van der Waals surface area contributed by atoms with Gasteiger partial charge in [0, 0.05) is 11.6 Å². The quantitative estimate of drug-likeness (QED) is 0.686. The lowest BCUT2D eigenvalue weighted by molar-refractivity contribution is 0.387. The molecule has 0 aliphatic heterocycles. The van der Waals surface area contributed by atoms with Crippen LogP contribution in [0.4, 0.5) is 0 Å². The molecule has 0 spiro atoms. The molecule has 0 radical (unpaired) electrons. The molecular weight excluding hydrogens is 238 g/mol. The van der Waals surface area contributed by atoms with Gasteiger partial charge in [-0.1, -0.05) is 32.6 Å². The van der Waals surface area contributed by atoms with Gasteiger partial charge in [0.25, 0.3) is 0 Å². The van der Waals surface area contributed by atoms with E-state index in [0.717, 1.165) is 17.9 Å². The third kappa shape index (κ3) is 4.75. The molecule has 0 aliphatic rings. The highest BCUT2D eigenvalue weighted by molar-refractivity contribution is 5.42. The van der Waals surface area contributed by atoms with E-state index in [1.165, 1.54) is 31.2 Å². The van der Waals surface area contributed by atoms with E-state index in [1.54, 1.807) is 14.2 Å². The summed E-state index contributed by atoms with van der Waals surface area (Å²) in [7, 11) is 5.42. The lowest BCUT2D eigenvalue weighted by atomic mass is 9.99. The van der Waals surface area contributed by atoms with Crippen LogP contribution in [0.2, 0.25) is 0 Å². The largest absolute Gasteiger partial charge is 0.497 e. The summed E-state index contributed by atoms with van der Waals surface area (Å²) in [5, 5.41) is 3.39. The SMILES string of the molecule is CCCCCCC(NC)c1cc(OC)ccc1OC. The molecule has 3 heteroatoms. The van der Waals surface area contributed by atoms with Crippen LogP contribution in [0.1, 0.15) is 50.6 Å². The monoisotopic (exact) mass is 265 g/mol. The standard InChI is InChI=1S/C16H27NO2/c1-5-6-7-8-9-15(17-2)14-12-13(18-3)10-11-16(14)19-4/h10-12,15,17H,5-9H2,1-4H3. The Kier molecular flexibility index (Phi) is 7.34. The highest BCUT2D eigenvalue weighted by atomic mass is 16.5. The van der Waals surface area contributed by atoms with E-state index in [0.29, 0.717) is 6.04 Å². The minimum atomic E-state index is 0.321. The number of nitrogens with one attached hydrogen (secondary N) is 1. The lowest BCUT2D eigenvalue weighted by Crippen LogP contribution is -2.17. The van der Waals surface area contributed by atoms with Gasteiger partial charge in [-0.2, -0.15) is 0 Å². The van der Waals surface area contributed by atoms with Gasteiger partial charge >= 0.3 is 0 Å². The van der Waals surface area contributed by atoms with E-state index in [-0.39, 0.29) is 0 Å². The maximum absolute atomic E-state index is 5.46. The first-order chi connectivity index (χ1) is 9.26. The topological polar surface area (TPSA) is 30.5 Å². The normalized spacial score (nSPS) is 12.2. The van der Waals surface area contributed by atoms with Crippen LogP contribution in [0.25, 0.3) is 0 Å². The molecular formula is C16H27NO2. The summed E-state index contributed by atoms with van der Waals surface area (Å²) in [5.74, 6) is 1.81. The first-order valence-electron chi connectivity index (χ1n) is 7.16. The van der Waals surface area contributed by atoms with Gasteiger partial charge in [-0.25, -0.2) is 0 Å². The Morgan fingerprint density at radius 3 is 2.47 bits per heavy atom. The van der Waals surface area contributed by atoms with Crippen molar-refractivity contribution in [3.05, 3.63) is 23.8 Å². The molecule has 1 unspecified atom stereocenters. The predicted octanol–water partition coefficient (Wildman–Crippen LogP) is 3.93. The third-order valence-electron chi connectivity index (χ3n) is 3.51. The molecule has 0 heterocycles. The molecule has 0 aromatic heterocycles. The Balaban J connectivity index is 2.77. The zero-order valence-electron chi connectivity index (χ0n) is 12.7.